The van der Waals surface area contributed by atoms with Crippen LogP contribution in [0.1, 0.15) is 12.8 Å². The van der Waals surface area contributed by atoms with Gasteiger partial charge in [-0.1, -0.05) is 0 Å². The quantitative estimate of drug-likeness (QED) is 0.649. The summed E-state index contributed by atoms with van der Waals surface area (Å²) in [6.45, 7) is 1.76. The summed E-state index contributed by atoms with van der Waals surface area (Å²) < 4.78 is 25.0. The highest BCUT2D eigenvalue weighted by Gasteiger charge is 2.27. The lowest BCUT2D eigenvalue weighted by Crippen LogP contribution is -2.41. The van der Waals surface area contributed by atoms with Crippen molar-refractivity contribution in [2.24, 2.45) is 0 Å². The number of rotatable bonds is 2. The second-order valence-electron chi connectivity index (χ2n) is 3.25. The second-order valence-corrected chi connectivity index (χ2v) is 5.42. The number of piperidine rings is 1. The van der Waals surface area contributed by atoms with E-state index in [1.807, 2.05) is 7.05 Å². The largest absolute Gasteiger partial charge is 0.306 e. The van der Waals surface area contributed by atoms with Gasteiger partial charge < -0.3 is 4.90 Å². The van der Waals surface area contributed by atoms with E-state index in [0.29, 0.717) is 0 Å². The fourth-order valence-electron chi connectivity index (χ4n) is 1.46. The molecular formula is C7H16N2O2S. The van der Waals surface area contributed by atoms with Crippen molar-refractivity contribution in [2.75, 3.05) is 27.2 Å². The molecule has 0 aromatic carbocycles. The van der Waals surface area contributed by atoms with Gasteiger partial charge in [0.05, 0.1) is 5.25 Å². The lowest BCUT2D eigenvalue weighted by atomic mass is 10.1. The molecule has 1 fully saturated rings. The van der Waals surface area contributed by atoms with Crippen molar-refractivity contribution in [3.05, 3.63) is 0 Å². The third-order valence-electron chi connectivity index (χ3n) is 2.39. The van der Waals surface area contributed by atoms with Gasteiger partial charge >= 0.3 is 0 Å². The van der Waals surface area contributed by atoms with Crippen molar-refractivity contribution in [2.45, 2.75) is 18.1 Å². The Kier molecular flexibility index (Phi) is 3.09. The number of hydrogen-bond acceptors (Lipinski definition) is 3. The standard InChI is InChI=1S/C7H16N2O2S/c1-8-12(10,11)7-3-5-9(2)6-4-7/h7-8H,3-6H2,1-2H3. The Bertz CT molecular complexity index is 230. The molecule has 72 valence electrons. The lowest BCUT2D eigenvalue weighted by molar-refractivity contribution is 0.277. The van der Waals surface area contributed by atoms with Gasteiger partial charge in [0.2, 0.25) is 10.0 Å². The molecule has 0 atom stereocenters. The molecule has 0 bridgehead atoms. The predicted octanol–water partition coefficient (Wildman–Crippen LogP) is -0.370. The van der Waals surface area contributed by atoms with Crippen LogP contribution in [0.2, 0.25) is 0 Å². The first kappa shape index (κ1) is 9.95. The molecule has 1 rings (SSSR count). The Morgan fingerprint density at radius 3 is 2.25 bits per heavy atom. The topological polar surface area (TPSA) is 49.4 Å². The van der Waals surface area contributed by atoms with Crippen LogP contribution in [0.15, 0.2) is 0 Å². The number of nitrogens with zero attached hydrogens (tertiary/aromatic N) is 1. The first-order chi connectivity index (χ1) is 5.56. The summed E-state index contributed by atoms with van der Waals surface area (Å²) in [5, 5.41) is -0.182. The molecule has 1 heterocycles. The minimum atomic E-state index is -3.02. The van der Waals surface area contributed by atoms with Crippen LogP contribution in [-0.2, 0) is 10.0 Å². The highest BCUT2D eigenvalue weighted by Crippen LogP contribution is 2.15. The summed E-state index contributed by atoms with van der Waals surface area (Å²) in [5.74, 6) is 0. The summed E-state index contributed by atoms with van der Waals surface area (Å²) in [5.41, 5.74) is 0. The van der Waals surface area contributed by atoms with E-state index in [0.717, 1.165) is 25.9 Å². The van der Waals surface area contributed by atoms with E-state index in [-0.39, 0.29) is 5.25 Å². The van der Waals surface area contributed by atoms with Crippen LogP contribution in [0.3, 0.4) is 0 Å². The zero-order valence-corrected chi connectivity index (χ0v) is 8.39. The molecule has 0 spiro atoms. The number of sulfonamides is 1. The smallest absolute Gasteiger partial charge is 0.214 e. The van der Waals surface area contributed by atoms with E-state index in [9.17, 15) is 8.42 Å². The van der Waals surface area contributed by atoms with Gasteiger partial charge in [-0.3, -0.25) is 0 Å². The molecule has 12 heavy (non-hydrogen) atoms. The third-order valence-corrected chi connectivity index (χ3v) is 4.31. The molecule has 1 aliphatic heterocycles. The first-order valence-corrected chi connectivity index (χ1v) is 5.72. The lowest BCUT2D eigenvalue weighted by Gasteiger charge is -2.28. The van der Waals surface area contributed by atoms with E-state index in [1.165, 1.54) is 7.05 Å². The molecule has 5 heteroatoms. The molecule has 4 nitrogen and oxygen atoms in total. The van der Waals surface area contributed by atoms with Crippen LogP contribution in [0, 0.1) is 0 Å². The van der Waals surface area contributed by atoms with Gasteiger partial charge in [-0.25, -0.2) is 13.1 Å². The Labute approximate surface area is 74.0 Å². The molecule has 0 radical (unpaired) electrons. The van der Waals surface area contributed by atoms with E-state index in [1.54, 1.807) is 0 Å². The van der Waals surface area contributed by atoms with Crippen LogP contribution in [0.4, 0.5) is 0 Å². The summed E-state index contributed by atoms with van der Waals surface area (Å²) in [6.07, 6.45) is 1.50. The van der Waals surface area contributed by atoms with Crippen molar-refractivity contribution in [1.29, 1.82) is 0 Å². The highest BCUT2D eigenvalue weighted by molar-refractivity contribution is 7.90. The maximum atomic E-state index is 11.3. The van der Waals surface area contributed by atoms with Crippen molar-refractivity contribution in [1.82, 2.24) is 9.62 Å². The molecule has 0 amide bonds. The van der Waals surface area contributed by atoms with Gasteiger partial charge in [-0.2, -0.15) is 0 Å². The average molecular weight is 192 g/mol. The fraction of sp³-hybridized carbons (Fsp3) is 1.00. The second kappa shape index (κ2) is 3.72. The SMILES string of the molecule is CNS(=O)(=O)C1CCN(C)CC1. The van der Waals surface area contributed by atoms with Gasteiger partial charge in [0.15, 0.2) is 0 Å². The van der Waals surface area contributed by atoms with Crippen molar-refractivity contribution >= 4 is 10.0 Å². The zero-order valence-electron chi connectivity index (χ0n) is 7.58. The average Bonchev–Trinajstić information content (AvgIpc) is 2.05. The molecule has 0 aromatic rings. The van der Waals surface area contributed by atoms with Gasteiger partial charge in [0, 0.05) is 0 Å². The van der Waals surface area contributed by atoms with Crippen LogP contribution in [0.5, 0.6) is 0 Å². The Hall–Kier alpha value is -0.130. The normalized spacial score (nSPS) is 22.8. The Morgan fingerprint density at radius 1 is 1.33 bits per heavy atom. The molecule has 0 saturated carbocycles. The highest BCUT2D eigenvalue weighted by atomic mass is 32.2. The molecule has 1 N–H and O–H groups in total. The maximum absolute atomic E-state index is 11.3. The van der Waals surface area contributed by atoms with E-state index < -0.39 is 10.0 Å². The number of hydrogen-bond donors (Lipinski definition) is 1. The fourth-order valence-corrected chi connectivity index (χ4v) is 2.63. The molecule has 0 aliphatic carbocycles. The van der Waals surface area contributed by atoms with Gasteiger partial charge in [0.25, 0.3) is 0 Å². The summed E-state index contributed by atoms with van der Waals surface area (Å²) in [7, 11) is 0.475. The van der Waals surface area contributed by atoms with E-state index in [2.05, 4.69) is 9.62 Å². The first-order valence-electron chi connectivity index (χ1n) is 4.17. The third kappa shape index (κ3) is 2.18. The minimum absolute atomic E-state index is 0.182. The van der Waals surface area contributed by atoms with Gasteiger partial charge in [-0.15, -0.1) is 0 Å². The molecule has 1 aliphatic rings. The Morgan fingerprint density at radius 2 is 1.83 bits per heavy atom. The minimum Gasteiger partial charge on any atom is -0.306 e. The van der Waals surface area contributed by atoms with Crippen LogP contribution < -0.4 is 4.72 Å². The number of nitrogens with one attached hydrogen (secondary N) is 1. The summed E-state index contributed by atoms with van der Waals surface area (Å²) in [6, 6.07) is 0. The van der Waals surface area contributed by atoms with Crippen molar-refractivity contribution < 1.29 is 8.42 Å². The maximum Gasteiger partial charge on any atom is 0.214 e. The molecule has 0 unspecified atom stereocenters. The summed E-state index contributed by atoms with van der Waals surface area (Å²) >= 11 is 0. The van der Waals surface area contributed by atoms with Crippen LogP contribution in [0.25, 0.3) is 0 Å². The molecule has 1 saturated heterocycles. The monoisotopic (exact) mass is 192 g/mol. The van der Waals surface area contributed by atoms with Gasteiger partial charge in [0.1, 0.15) is 0 Å². The zero-order chi connectivity index (χ0) is 9.19. The van der Waals surface area contributed by atoms with Crippen molar-refractivity contribution in [3.63, 3.8) is 0 Å². The molecule has 0 aromatic heterocycles. The Balaban J connectivity index is 2.56. The predicted molar refractivity (Wildman–Crippen MR) is 48.5 cm³/mol. The van der Waals surface area contributed by atoms with Gasteiger partial charge in [-0.05, 0) is 40.0 Å². The molecular weight excluding hydrogens is 176 g/mol. The van der Waals surface area contributed by atoms with E-state index in [4.69, 9.17) is 0 Å². The van der Waals surface area contributed by atoms with Crippen LogP contribution >= 0.6 is 0 Å². The van der Waals surface area contributed by atoms with Crippen LogP contribution in [-0.4, -0.2) is 45.8 Å². The summed E-state index contributed by atoms with van der Waals surface area (Å²) in [4.78, 5) is 2.15. The van der Waals surface area contributed by atoms with Crippen molar-refractivity contribution in [3.8, 4) is 0 Å². The van der Waals surface area contributed by atoms with E-state index >= 15 is 0 Å². The number of likely N-dealkylation sites (tertiary alicyclic amines) is 1.